The molecule has 4 rings (SSSR count). The molecule has 0 radical (unpaired) electrons. The van der Waals surface area contributed by atoms with Gasteiger partial charge in [-0.2, -0.15) is 13.2 Å². The number of halogens is 3. The molecule has 0 spiro atoms. The van der Waals surface area contributed by atoms with Crippen LogP contribution in [0.4, 0.5) is 18.9 Å². The van der Waals surface area contributed by atoms with E-state index in [1.807, 2.05) is 42.5 Å². The summed E-state index contributed by atoms with van der Waals surface area (Å²) in [6.07, 6.45) is -0.637. The fourth-order valence-electron chi connectivity index (χ4n) is 4.66. The maximum Gasteiger partial charge on any atom is 0.416 e. The van der Waals surface area contributed by atoms with Crippen molar-refractivity contribution in [1.29, 1.82) is 0 Å². The Balaban J connectivity index is 1.80. The van der Waals surface area contributed by atoms with Gasteiger partial charge in [0.25, 0.3) is 0 Å². The number of esters is 1. The van der Waals surface area contributed by atoms with Gasteiger partial charge in [0, 0.05) is 18.3 Å². The van der Waals surface area contributed by atoms with Gasteiger partial charge in [-0.05, 0) is 78.1 Å². The molecule has 0 saturated heterocycles. The van der Waals surface area contributed by atoms with E-state index in [2.05, 4.69) is 16.6 Å². The lowest BCUT2D eigenvalue weighted by atomic mass is 9.76. The Morgan fingerprint density at radius 1 is 1.00 bits per heavy atom. The molecule has 0 N–H and O–H groups in total. The SMILES string of the molecule is COC(=O)/C=C/c1ccc(C2(C)c3ccc(OC)cc3CCN2c2ccc(C(F)(F)F)cc2)cc1. The van der Waals surface area contributed by atoms with Crippen LogP contribution < -0.4 is 9.64 Å². The van der Waals surface area contributed by atoms with Crippen LogP contribution in [-0.4, -0.2) is 26.7 Å². The number of carbonyl (C=O) groups excluding carboxylic acids is 1. The summed E-state index contributed by atoms with van der Waals surface area (Å²) in [7, 11) is 2.95. The molecular formula is C28H26F3NO3. The van der Waals surface area contributed by atoms with Crippen molar-refractivity contribution in [2.24, 2.45) is 0 Å². The zero-order chi connectivity index (χ0) is 25.2. The van der Waals surface area contributed by atoms with Crippen molar-refractivity contribution in [2.45, 2.75) is 25.1 Å². The molecular weight excluding hydrogens is 455 g/mol. The predicted octanol–water partition coefficient (Wildman–Crippen LogP) is 6.23. The third-order valence-electron chi connectivity index (χ3n) is 6.57. The van der Waals surface area contributed by atoms with E-state index in [-0.39, 0.29) is 0 Å². The fraction of sp³-hybridized carbons (Fsp3) is 0.250. The molecule has 3 aromatic rings. The summed E-state index contributed by atoms with van der Waals surface area (Å²) in [5, 5.41) is 0. The van der Waals surface area contributed by atoms with Crippen LogP contribution in [0.2, 0.25) is 0 Å². The molecule has 0 aromatic heterocycles. The van der Waals surface area contributed by atoms with E-state index in [1.165, 1.54) is 25.3 Å². The lowest BCUT2D eigenvalue weighted by Crippen LogP contribution is -2.49. The molecule has 35 heavy (non-hydrogen) atoms. The van der Waals surface area contributed by atoms with Crippen molar-refractivity contribution in [3.8, 4) is 5.75 Å². The van der Waals surface area contributed by atoms with Gasteiger partial charge in [-0.15, -0.1) is 0 Å². The molecule has 7 heteroatoms. The highest BCUT2D eigenvalue weighted by molar-refractivity contribution is 5.86. The summed E-state index contributed by atoms with van der Waals surface area (Å²) >= 11 is 0. The second-order valence-corrected chi connectivity index (χ2v) is 8.52. The quantitative estimate of drug-likeness (QED) is 0.320. The normalized spacial score (nSPS) is 17.8. The van der Waals surface area contributed by atoms with Gasteiger partial charge in [0.2, 0.25) is 0 Å². The van der Waals surface area contributed by atoms with Gasteiger partial charge in [-0.3, -0.25) is 0 Å². The summed E-state index contributed by atoms with van der Waals surface area (Å²) in [5.74, 6) is 0.321. The maximum absolute atomic E-state index is 13.2. The molecule has 182 valence electrons. The molecule has 0 amide bonds. The van der Waals surface area contributed by atoms with Crippen LogP contribution in [-0.2, 0) is 27.7 Å². The Kier molecular flexibility index (Phi) is 6.61. The van der Waals surface area contributed by atoms with Crippen molar-refractivity contribution in [3.05, 3.63) is 101 Å². The average Bonchev–Trinajstić information content (AvgIpc) is 2.87. The molecule has 4 nitrogen and oxygen atoms in total. The van der Waals surface area contributed by atoms with Crippen LogP contribution >= 0.6 is 0 Å². The third-order valence-corrected chi connectivity index (χ3v) is 6.57. The Hall–Kier alpha value is -3.74. The van der Waals surface area contributed by atoms with E-state index in [4.69, 9.17) is 4.74 Å². The van der Waals surface area contributed by atoms with Gasteiger partial charge in [0.05, 0.1) is 25.3 Å². The Labute approximate surface area is 202 Å². The van der Waals surface area contributed by atoms with Crippen molar-refractivity contribution < 1.29 is 27.4 Å². The first kappa shape index (κ1) is 24.4. The molecule has 1 atom stereocenters. The minimum atomic E-state index is -4.39. The van der Waals surface area contributed by atoms with Crippen LogP contribution in [0.5, 0.6) is 5.75 Å². The molecule has 0 bridgehead atoms. The first-order valence-corrected chi connectivity index (χ1v) is 11.2. The topological polar surface area (TPSA) is 38.8 Å². The second kappa shape index (κ2) is 9.49. The van der Waals surface area contributed by atoms with Gasteiger partial charge in [0.15, 0.2) is 0 Å². The van der Waals surface area contributed by atoms with Crippen molar-refractivity contribution in [3.63, 3.8) is 0 Å². The smallest absolute Gasteiger partial charge is 0.416 e. The maximum atomic E-state index is 13.2. The van der Waals surface area contributed by atoms with E-state index < -0.39 is 23.2 Å². The van der Waals surface area contributed by atoms with Crippen molar-refractivity contribution in [2.75, 3.05) is 25.7 Å². The Bertz CT molecular complexity index is 1230. The van der Waals surface area contributed by atoms with E-state index in [0.29, 0.717) is 12.2 Å². The highest BCUT2D eigenvalue weighted by atomic mass is 19.4. The molecule has 1 aliphatic rings. The minimum Gasteiger partial charge on any atom is -0.497 e. The first-order chi connectivity index (χ1) is 16.7. The van der Waals surface area contributed by atoms with Gasteiger partial charge in [-0.25, -0.2) is 4.79 Å². The van der Waals surface area contributed by atoms with E-state index in [1.54, 1.807) is 13.2 Å². The zero-order valence-corrected chi connectivity index (χ0v) is 19.7. The van der Waals surface area contributed by atoms with E-state index in [9.17, 15) is 18.0 Å². The number of hydrogen-bond acceptors (Lipinski definition) is 4. The fourth-order valence-corrected chi connectivity index (χ4v) is 4.66. The number of ether oxygens (including phenoxy) is 2. The summed E-state index contributed by atoms with van der Waals surface area (Å²) in [6, 6.07) is 19.0. The Morgan fingerprint density at radius 3 is 2.29 bits per heavy atom. The molecule has 1 unspecified atom stereocenters. The number of benzene rings is 3. The Morgan fingerprint density at radius 2 is 1.69 bits per heavy atom. The van der Waals surface area contributed by atoms with Crippen molar-refractivity contribution in [1.82, 2.24) is 0 Å². The van der Waals surface area contributed by atoms with E-state index in [0.717, 1.165) is 46.6 Å². The number of hydrogen-bond donors (Lipinski definition) is 0. The largest absolute Gasteiger partial charge is 0.497 e. The number of fused-ring (bicyclic) bond motifs is 1. The van der Waals surface area contributed by atoms with Crippen LogP contribution in [0.25, 0.3) is 6.08 Å². The molecule has 3 aromatic carbocycles. The lowest BCUT2D eigenvalue weighted by molar-refractivity contribution is -0.137. The van der Waals surface area contributed by atoms with Gasteiger partial charge in [-0.1, -0.05) is 30.3 Å². The second-order valence-electron chi connectivity index (χ2n) is 8.52. The number of nitrogens with zero attached hydrogens (tertiary/aromatic N) is 1. The summed E-state index contributed by atoms with van der Waals surface area (Å²) < 4.78 is 49.5. The number of methoxy groups -OCH3 is 2. The van der Waals surface area contributed by atoms with Crippen LogP contribution in [0.15, 0.2) is 72.8 Å². The lowest BCUT2D eigenvalue weighted by Gasteiger charge is -2.48. The van der Waals surface area contributed by atoms with Crippen LogP contribution in [0.1, 0.15) is 34.7 Å². The molecule has 0 fully saturated rings. The molecule has 1 heterocycles. The number of rotatable bonds is 5. The molecule has 1 aliphatic heterocycles. The van der Waals surface area contributed by atoms with Gasteiger partial charge in [0.1, 0.15) is 5.75 Å². The standard InChI is InChI=1S/C28H26F3NO3/c1-27(21-7-4-19(5-8-21)6-15-26(33)35-3)25-14-13-24(34-2)18-20(25)16-17-32(27)23-11-9-22(10-12-23)28(29,30)31/h4-15,18H,16-17H2,1-3H3/b15-6+. The highest BCUT2D eigenvalue weighted by Gasteiger charge is 2.41. The average molecular weight is 482 g/mol. The number of carbonyl (C=O) groups is 1. The minimum absolute atomic E-state index is 0.440. The van der Waals surface area contributed by atoms with E-state index >= 15 is 0 Å². The highest BCUT2D eigenvalue weighted by Crippen LogP contribution is 2.45. The summed E-state index contributed by atoms with van der Waals surface area (Å²) in [6.45, 7) is 2.69. The predicted molar refractivity (Wildman–Crippen MR) is 129 cm³/mol. The number of anilines is 1. The van der Waals surface area contributed by atoms with Crippen LogP contribution in [0.3, 0.4) is 0 Å². The monoisotopic (exact) mass is 481 g/mol. The summed E-state index contributed by atoms with van der Waals surface area (Å²) in [5.41, 5.74) is 3.37. The van der Waals surface area contributed by atoms with Gasteiger partial charge < -0.3 is 14.4 Å². The zero-order valence-electron chi connectivity index (χ0n) is 19.7. The molecule has 0 aliphatic carbocycles. The molecule has 0 saturated carbocycles. The number of alkyl halides is 3. The van der Waals surface area contributed by atoms with Gasteiger partial charge >= 0.3 is 12.1 Å². The van der Waals surface area contributed by atoms with Crippen LogP contribution in [0, 0.1) is 0 Å². The first-order valence-electron chi connectivity index (χ1n) is 11.2. The third kappa shape index (κ3) is 4.76. The van der Waals surface area contributed by atoms with Crippen molar-refractivity contribution >= 4 is 17.7 Å². The summed E-state index contributed by atoms with van der Waals surface area (Å²) in [4.78, 5) is 13.6.